The van der Waals surface area contributed by atoms with Gasteiger partial charge >= 0.3 is 0 Å². The third-order valence-corrected chi connectivity index (χ3v) is 4.12. The average molecular weight is 314 g/mol. The third kappa shape index (κ3) is 2.11. The first-order chi connectivity index (χ1) is 8.15. The predicted octanol–water partition coefficient (Wildman–Crippen LogP) is 4.28. The molecule has 3 rings (SSSR count). The van der Waals surface area contributed by atoms with Gasteiger partial charge in [0.1, 0.15) is 10.9 Å². The van der Waals surface area contributed by atoms with Crippen LogP contribution >= 0.6 is 27.5 Å². The number of hydrogen-bond donors (Lipinski definition) is 0. The van der Waals surface area contributed by atoms with Gasteiger partial charge in [0.25, 0.3) is 0 Å². The van der Waals surface area contributed by atoms with Crippen molar-refractivity contribution < 1.29 is 4.42 Å². The van der Waals surface area contributed by atoms with Gasteiger partial charge in [-0.3, -0.25) is 0 Å². The van der Waals surface area contributed by atoms with Gasteiger partial charge in [-0.15, -0.1) is 0 Å². The van der Waals surface area contributed by atoms with Gasteiger partial charge in [-0.25, -0.2) is 9.97 Å². The van der Waals surface area contributed by atoms with Gasteiger partial charge in [-0.1, -0.05) is 18.5 Å². The Morgan fingerprint density at radius 2 is 2.24 bits per heavy atom. The lowest BCUT2D eigenvalue weighted by atomic mass is 10.3. The Labute approximate surface area is 112 Å². The van der Waals surface area contributed by atoms with Crippen molar-refractivity contribution in [3.63, 3.8) is 0 Å². The van der Waals surface area contributed by atoms with Gasteiger partial charge in [0, 0.05) is 12.1 Å². The molecule has 0 aromatic carbocycles. The summed E-state index contributed by atoms with van der Waals surface area (Å²) in [6.07, 6.45) is 2.83. The normalized spacial score (nSPS) is 22.8. The Kier molecular flexibility index (Phi) is 2.71. The first-order valence-corrected chi connectivity index (χ1v) is 6.60. The molecule has 2 heterocycles. The Bertz CT molecular complexity index is 569. The van der Waals surface area contributed by atoms with E-state index >= 15 is 0 Å². The molecule has 2 unspecified atom stereocenters. The minimum absolute atomic E-state index is 0.396. The molecule has 0 bridgehead atoms. The van der Waals surface area contributed by atoms with Crippen molar-refractivity contribution in [1.29, 1.82) is 0 Å². The van der Waals surface area contributed by atoms with Crippen LogP contribution in [0.1, 0.15) is 25.0 Å². The first-order valence-electron chi connectivity index (χ1n) is 5.43. The molecular weight excluding hydrogens is 304 g/mol. The SMILES string of the molecule is CC1CC1c1ccc(-c2ncc(Br)c(Cl)n2)o1. The molecule has 17 heavy (non-hydrogen) atoms. The predicted molar refractivity (Wildman–Crippen MR) is 69.0 cm³/mol. The highest BCUT2D eigenvalue weighted by molar-refractivity contribution is 9.10. The molecule has 5 heteroatoms. The summed E-state index contributed by atoms with van der Waals surface area (Å²) in [4.78, 5) is 8.35. The second kappa shape index (κ2) is 4.10. The van der Waals surface area contributed by atoms with Crippen molar-refractivity contribution in [3.8, 4) is 11.6 Å². The minimum atomic E-state index is 0.396. The fraction of sp³-hybridized carbons (Fsp3) is 0.333. The van der Waals surface area contributed by atoms with E-state index in [1.165, 1.54) is 6.42 Å². The number of furan rings is 1. The van der Waals surface area contributed by atoms with E-state index in [4.69, 9.17) is 16.0 Å². The van der Waals surface area contributed by atoms with Crippen LogP contribution in [0.4, 0.5) is 0 Å². The van der Waals surface area contributed by atoms with E-state index in [1.807, 2.05) is 12.1 Å². The molecule has 0 spiro atoms. The van der Waals surface area contributed by atoms with E-state index in [0.717, 1.165) is 11.7 Å². The van der Waals surface area contributed by atoms with Crippen LogP contribution < -0.4 is 0 Å². The number of rotatable bonds is 2. The molecule has 0 amide bonds. The fourth-order valence-corrected chi connectivity index (χ4v) is 2.18. The van der Waals surface area contributed by atoms with Gasteiger partial charge in [-0.05, 0) is 40.4 Å². The Morgan fingerprint density at radius 3 is 2.88 bits per heavy atom. The third-order valence-electron chi connectivity index (χ3n) is 3.02. The monoisotopic (exact) mass is 312 g/mol. The van der Waals surface area contributed by atoms with Gasteiger partial charge < -0.3 is 4.42 Å². The Morgan fingerprint density at radius 1 is 1.47 bits per heavy atom. The van der Waals surface area contributed by atoms with E-state index < -0.39 is 0 Å². The molecule has 0 radical (unpaired) electrons. The first kappa shape index (κ1) is 11.2. The maximum atomic E-state index is 5.93. The van der Waals surface area contributed by atoms with Crippen LogP contribution in [0.15, 0.2) is 27.2 Å². The highest BCUT2D eigenvalue weighted by atomic mass is 79.9. The molecule has 1 aliphatic rings. The van der Waals surface area contributed by atoms with E-state index in [0.29, 0.717) is 27.1 Å². The maximum Gasteiger partial charge on any atom is 0.197 e. The lowest BCUT2D eigenvalue weighted by molar-refractivity contribution is 0.515. The highest BCUT2D eigenvalue weighted by Crippen LogP contribution is 2.47. The van der Waals surface area contributed by atoms with E-state index in [1.54, 1.807) is 6.20 Å². The van der Waals surface area contributed by atoms with Crippen LogP contribution in [-0.4, -0.2) is 9.97 Å². The van der Waals surface area contributed by atoms with E-state index in [9.17, 15) is 0 Å². The van der Waals surface area contributed by atoms with Gasteiger partial charge in [0.15, 0.2) is 11.6 Å². The van der Waals surface area contributed by atoms with Crippen LogP contribution in [0, 0.1) is 5.92 Å². The minimum Gasteiger partial charge on any atom is -0.457 e. The lowest BCUT2D eigenvalue weighted by Crippen LogP contribution is -1.88. The summed E-state index contributed by atoms with van der Waals surface area (Å²) in [5.41, 5.74) is 0. The zero-order valence-electron chi connectivity index (χ0n) is 9.15. The number of aromatic nitrogens is 2. The van der Waals surface area contributed by atoms with Crippen LogP contribution in [0.25, 0.3) is 11.6 Å². The van der Waals surface area contributed by atoms with E-state index in [-0.39, 0.29) is 0 Å². The molecule has 2 atom stereocenters. The molecule has 3 nitrogen and oxygen atoms in total. The van der Waals surface area contributed by atoms with Gasteiger partial charge in [0.05, 0.1) is 4.47 Å². The molecule has 1 aliphatic carbocycles. The summed E-state index contributed by atoms with van der Waals surface area (Å²) in [5.74, 6) is 3.51. The van der Waals surface area contributed by atoms with Crippen LogP contribution in [-0.2, 0) is 0 Å². The smallest absolute Gasteiger partial charge is 0.197 e. The molecule has 2 aromatic rings. The maximum absolute atomic E-state index is 5.93. The zero-order chi connectivity index (χ0) is 12.0. The average Bonchev–Trinajstić information content (AvgIpc) is 2.86. The number of halogens is 2. The molecule has 0 N–H and O–H groups in total. The second-order valence-electron chi connectivity index (χ2n) is 4.35. The molecule has 0 saturated heterocycles. The molecular formula is C12H10BrClN2O. The summed E-state index contributed by atoms with van der Waals surface area (Å²) in [6.45, 7) is 2.22. The molecule has 0 aliphatic heterocycles. The largest absolute Gasteiger partial charge is 0.457 e. The van der Waals surface area contributed by atoms with Crippen molar-refractivity contribution in [2.75, 3.05) is 0 Å². The molecule has 2 aromatic heterocycles. The van der Waals surface area contributed by atoms with Gasteiger partial charge in [0.2, 0.25) is 0 Å². The second-order valence-corrected chi connectivity index (χ2v) is 5.57. The summed E-state index contributed by atoms with van der Waals surface area (Å²) in [7, 11) is 0. The standard InChI is InChI=1S/C12H10BrClN2O/c1-6-4-7(6)9-2-3-10(17-9)12-15-5-8(13)11(14)16-12/h2-3,5-7H,4H2,1H3. The summed E-state index contributed by atoms with van der Waals surface area (Å²) in [6, 6.07) is 3.91. The van der Waals surface area contributed by atoms with Crippen molar-refractivity contribution in [1.82, 2.24) is 9.97 Å². The van der Waals surface area contributed by atoms with Crippen LogP contribution in [0.2, 0.25) is 5.15 Å². The molecule has 1 fully saturated rings. The highest BCUT2D eigenvalue weighted by Gasteiger charge is 2.36. The van der Waals surface area contributed by atoms with Crippen LogP contribution in [0.5, 0.6) is 0 Å². The van der Waals surface area contributed by atoms with Crippen molar-refractivity contribution in [3.05, 3.63) is 33.7 Å². The number of nitrogens with zero attached hydrogens (tertiary/aromatic N) is 2. The molecule has 1 saturated carbocycles. The Hall–Kier alpha value is -0.870. The topological polar surface area (TPSA) is 38.9 Å². The summed E-state index contributed by atoms with van der Waals surface area (Å²) < 4.78 is 6.45. The van der Waals surface area contributed by atoms with Crippen molar-refractivity contribution in [2.45, 2.75) is 19.3 Å². The van der Waals surface area contributed by atoms with Crippen LogP contribution in [0.3, 0.4) is 0 Å². The molecule has 88 valence electrons. The summed E-state index contributed by atoms with van der Waals surface area (Å²) in [5, 5.41) is 0.396. The summed E-state index contributed by atoms with van der Waals surface area (Å²) >= 11 is 9.19. The quantitative estimate of drug-likeness (QED) is 0.777. The Balaban J connectivity index is 1.92. The fourth-order valence-electron chi connectivity index (χ4n) is 1.86. The van der Waals surface area contributed by atoms with Gasteiger partial charge in [-0.2, -0.15) is 0 Å². The van der Waals surface area contributed by atoms with Crippen molar-refractivity contribution >= 4 is 27.5 Å². The number of hydrogen-bond acceptors (Lipinski definition) is 3. The lowest BCUT2D eigenvalue weighted by Gasteiger charge is -1.98. The van der Waals surface area contributed by atoms with Crippen molar-refractivity contribution in [2.24, 2.45) is 5.92 Å². The zero-order valence-corrected chi connectivity index (χ0v) is 11.5. The van der Waals surface area contributed by atoms with E-state index in [2.05, 4.69) is 32.8 Å².